The van der Waals surface area contributed by atoms with Crippen molar-refractivity contribution in [2.75, 3.05) is 7.11 Å². The molecule has 94 valence electrons. The van der Waals surface area contributed by atoms with Crippen LogP contribution in [0.25, 0.3) is 11.4 Å². The number of rotatable bonds is 2. The van der Waals surface area contributed by atoms with E-state index in [0.717, 1.165) is 12.1 Å². The zero-order chi connectivity index (χ0) is 13.2. The maximum absolute atomic E-state index is 12.4. The van der Waals surface area contributed by atoms with Crippen LogP contribution in [-0.2, 0) is 6.18 Å². The van der Waals surface area contributed by atoms with Gasteiger partial charge in [0.05, 0.1) is 25.1 Å². The molecule has 0 radical (unpaired) electrons. The van der Waals surface area contributed by atoms with Crippen molar-refractivity contribution < 1.29 is 17.9 Å². The summed E-state index contributed by atoms with van der Waals surface area (Å²) < 4.78 is 42.0. The van der Waals surface area contributed by atoms with Crippen LogP contribution in [0.5, 0.6) is 5.75 Å². The van der Waals surface area contributed by atoms with Gasteiger partial charge in [-0.05, 0) is 12.1 Å². The first-order valence-electron chi connectivity index (χ1n) is 5.04. The average molecular weight is 254 g/mol. The summed E-state index contributed by atoms with van der Waals surface area (Å²) >= 11 is 0. The molecule has 6 heteroatoms. The molecule has 0 aliphatic heterocycles. The predicted octanol–water partition coefficient (Wildman–Crippen LogP) is 3.17. The van der Waals surface area contributed by atoms with Gasteiger partial charge in [-0.1, -0.05) is 12.1 Å². The normalized spacial score (nSPS) is 11.3. The zero-order valence-electron chi connectivity index (χ0n) is 9.40. The van der Waals surface area contributed by atoms with Gasteiger partial charge in [0.25, 0.3) is 0 Å². The van der Waals surface area contributed by atoms with Gasteiger partial charge in [-0.25, -0.2) is 9.97 Å². The maximum Gasteiger partial charge on any atom is 0.416 e. The highest BCUT2D eigenvalue weighted by molar-refractivity contribution is 5.55. The third-order valence-electron chi connectivity index (χ3n) is 2.33. The first-order valence-corrected chi connectivity index (χ1v) is 5.04. The molecule has 18 heavy (non-hydrogen) atoms. The summed E-state index contributed by atoms with van der Waals surface area (Å²) in [5.74, 6) is 0.843. The fourth-order valence-electron chi connectivity index (χ4n) is 1.38. The van der Waals surface area contributed by atoms with E-state index in [4.69, 9.17) is 4.74 Å². The quantitative estimate of drug-likeness (QED) is 0.825. The number of hydrogen-bond acceptors (Lipinski definition) is 3. The molecule has 0 N–H and O–H groups in total. The predicted molar refractivity (Wildman–Crippen MR) is 59.0 cm³/mol. The Morgan fingerprint density at radius 1 is 1.00 bits per heavy atom. The molecule has 0 aliphatic rings. The Hall–Kier alpha value is -2.11. The molecule has 2 rings (SSSR count). The van der Waals surface area contributed by atoms with E-state index in [9.17, 15) is 13.2 Å². The van der Waals surface area contributed by atoms with Crippen LogP contribution < -0.4 is 4.74 Å². The molecule has 3 nitrogen and oxygen atoms in total. The van der Waals surface area contributed by atoms with Crippen molar-refractivity contribution in [2.45, 2.75) is 6.18 Å². The van der Waals surface area contributed by atoms with Crippen LogP contribution in [0.3, 0.4) is 0 Å². The molecule has 0 saturated heterocycles. The minimum absolute atomic E-state index is 0.351. The van der Waals surface area contributed by atoms with Gasteiger partial charge >= 0.3 is 6.18 Å². The van der Waals surface area contributed by atoms with E-state index in [-0.39, 0.29) is 0 Å². The largest absolute Gasteiger partial charge is 0.494 e. The first kappa shape index (κ1) is 12.3. The summed E-state index contributed by atoms with van der Waals surface area (Å²) in [6.07, 6.45) is -1.42. The molecule has 0 unspecified atom stereocenters. The van der Waals surface area contributed by atoms with Gasteiger partial charge in [0.1, 0.15) is 0 Å². The Morgan fingerprint density at radius 2 is 1.56 bits per heavy atom. The molecule has 0 atom stereocenters. The van der Waals surface area contributed by atoms with E-state index in [1.807, 2.05) is 0 Å². The SMILES string of the molecule is COc1cnc(-c2ccc(C(F)(F)F)cc2)nc1. The van der Waals surface area contributed by atoms with Crippen molar-refractivity contribution >= 4 is 0 Å². The summed E-state index contributed by atoms with van der Waals surface area (Å²) in [6, 6.07) is 4.68. The van der Waals surface area contributed by atoms with Crippen LogP contribution in [-0.4, -0.2) is 17.1 Å². The molecule has 1 heterocycles. The Bertz CT molecular complexity index is 521. The van der Waals surface area contributed by atoms with Crippen LogP contribution >= 0.6 is 0 Å². The standard InChI is InChI=1S/C12H9F3N2O/c1-18-10-6-16-11(17-7-10)8-2-4-9(5-3-8)12(13,14)15/h2-7H,1H3. The monoisotopic (exact) mass is 254 g/mol. The van der Waals surface area contributed by atoms with Gasteiger partial charge in [-0.15, -0.1) is 0 Å². The highest BCUT2D eigenvalue weighted by Crippen LogP contribution is 2.30. The summed E-state index contributed by atoms with van der Waals surface area (Å²) in [5, 5.41) is 0. The van der Waals surface area contributed by atoms with Crippen LogP contribution in [0.2, 0.25) is 0 Å². The van der Waals surface area contributed by atoms with E-state index in [1.54, 1.807) is 0 Å². The topological polar surface area (TPSA) is 35.0 Å². The second kappa shape index (κ2) is 4.64. The Labute approximate surface area is 101 Å². The van der Waals surface area contributed by atoms with Gasteiger partial charge in [-0.3, -0.25) is 0 Å². The highest BCUT2D eigenvalue weighted by Gasteiger charge is 2.30. The number of benzene rings is 1. The Morgan fingerprint density at radius 3 is 2.00 bits per heavy atom. The van der Waals surface area contributed by atoms with Gasteiger partial charge in [0.15, 0.2) is 11.6 Å². The minimum atomic E-state index is -4.33. The van der Waals surface area contributed by atoms with Crippen LogP contribution in [0, 0.1) is 0 Å². The number of aromatic nitrogens is 2. The van der Waals surface area contributed by atoms with Crippen molar-refractivity contribution in [3.8, 4) is 17.1 Å². The van der Waals surface area contributed by atoms with E-state index < -0.39 is 11.7 Å². The van der Waals surface area contributed by atoms with Crippen molar-refractivity contribution in [1.29, 1.82) is 0 Å². The number of alkyl halides is 3. The van der Waals surface area contributed by atoms with Crippen LogP contribution in [0.15, 0.2) is 36.7 Å². The Balaban J connectivity index is 2.28. The summed E-state index contributed by atoms with van der Waals surface area (Å²) in [4.78, 5) is 7.99. The van der Waals surface area contributed by atoms with Gasteiger partial charge in [0, 0.05) is 5.56 Å². The molecule has 1 aromatic heterocycles. The van der Waals surface area contributed by atoms with Crippen molar-refractivity contribution in [1.82, 2.24) is 9.97 Å². The summed E-state index contributed by atoms with van der Waals surface area (Å²) in [7, 11) is 1.48. The second-order valence-corrected chi connectivity index (χ2v) is 3.52. The van der Waals surface area contributed by atoms with E-state index in [0.29, 0.717) is 17.1 Å². The number of ether oxygens (including phenoxy) is 1. The van der Waals surface area contributed by atoms with Crippen molar-refractivity contribution in [3.63, 3.8) is 0 Å². The molecule has 0 amide bonds. The number of nitrogens with zero attached hydrogens (tertiary/aromatic N) is 2. The maximum atomic E-state index is 12.4. The van der Waals surface area contributed by atoms with Crippen molar-refractivity contribution in [3.05, 3.63) is 42.2 Å². The lowest BCUT2D eigenvalue weighted by Gasteiger charge is -2.07. The summed E-state index contributed by atoms with van der Waals surface area (Å²) in [5.41, 5.74) is -0.176. The third-order valence-corrected chi connectivity index (χ3v) is 2.33. The lowest BCUT2D eigenvalue weighted by molar-refractivity contribution is -0.137. The van der Waals surface area contributed by atoms with Gasteiger partial charge in [-0.2, -0.15) is 13.2 Å². The number of hydrogen-bond donors (Lipinski definition) is 0. The van der Waals surface area contributed by atoms with Crippen LogP contribution in [0.1, 0.15) is 5.56 Å². The lowest BCUT2D eigenvalue weighted by atomic mass is 10.1. The fraction of sp³-hybridized carbons (Fsp3) is 0.167. The molecule has 0 aliphatic carbocycles. The number of methoxy groups -OCH3 is 1. The molecule has 0 saturated carbocycles. The van der Waals surface area contributed by atoms with Crippen molar-refractivity contribution in [2.24, 2.45) is 0 Å². The first-order chi connectivity index (χ1) is 8.50. The number of halogens is 3. The van der Waals surface area contributed by atoms with Gasteiger partial charge in [0.2, 0.25) is 0 Å². The van der Waals surface area contributed by atoms with E-state index in [1.165, 1.54) is 31.6 Å². The zero-order valence-corrected chi connectivity index (χ0v) is 9.40. The third kappa shape index (κ3) is 2.58. The summed E-state index contributed by atoms with van der Waals surface area (Å²) in [6.45, 7) is 0. The molecule has 1 aromatic carbocycles. The second-order valence-electron chi connectivity index (χ2n) is 3.52. The van der Waals surface area contributed by atoms with Crippen LogP contribution in [0.4, 0.5) is 13.2 Å². The fourth-order valence-corrected chi connectivity index (χ4v) is 1.38. The lowest BCUT2D eigenvalue weighted by Crippen LogP contribution is -2.04. The van der Waals surface area contributed by atoms with E-state index in [2.05, 4.69) is 9.97 Å². The van der Waals surface area contributed by atoms with Gasteiger partial charge < -0.3 is 4.74 Å². The molecular formula is C12H9F3N2O. The molecular weight excluding hydrogens is 245 g/mol. The molecule has 0 spiro atoms. The minimum Gasteiger partial charge on any atom is -0.494 e. The van der Waals surface area contributed by atoms with E-state index >= 15 is 0 Å². The average Bonchev–Trinajstić information content (AvgIpc) is 2.38. The molecule has 2 aromatic rings. The highest BCUT2D eigenvalue weighted by atomic mass is 19.4. The Kier molecular flexibility index (Phi) is 3.18. The molecule has 0 bridgehead atoms. The smallest absolute Gasteiger partial charge is 0.416 e. The molecule has 0 fully saturated rings.